The zero-order valence-corrected chi connectivity index (χ0v) is 16.8. The third-order valence-electron chi connectivity index (χ3n) is 4.02. The predicted octanol–water partition coefficient (Wildman–Crippen LogP) is 3.64. The summed E-state index contributed by atoms with van der Waals surface area (Å²) in [6, 6.07) is 9.48. The number of carbonyl (C=O) groups excluding carboxylic acids is 1. The Kier molecular flexibility index (Phi) is 6.99. The highest BCUT2D eigenvalue weighted by molar-refractivity contribution is 9.10. The summed E-state index contributed by atoms with van der Waals surface area (Å²) >= 11 is 3.38. The molecule has 0 aromatic heterocycles. The number of amides is 1. The molecule has 1 amide bonds. The first-order valence-electron chi connectivity index (χ1n) is 7.99. The molecule has 140 valence electrons. The van der Waals surface area contributed by atoms with Gasteiger partial charge in [0.1, 0.15) is 21.8 Å². The number of hydrogen-bond donors (Lipinski definition) is 1. The Labute approximate surface area is 161 Å². The number of nitrogens with one attached hydrogen (secondary N) is 1. The van der Waals surface area contributed by atoms with Gasteiger partial charge in [-0.3, -0.25) is 4.79 Å². The largest absolute Gasteiger partial charge is 0.495 e. The van der Waals surface area contributed by atoms with Gasteiger partial charge in [-0.05, 0) is 59.9 Å². The number of rotatable bonds is 7. The molecule has 2 rings (SSSR count). The maximum absolute atomic E-state index is 13.5. The third kappa shape index (κ3) is 4.74. The summed E-state index contributed by atoms with van der Waals surface area (Å²) in [6.07, 6.45) is 0. The molecule has 0 aliphatic carbocycles. The van der Waals surface area contributed by atoms with Crippen molar-refractivity contribution in [1.29, 1.82) is 0 Å². The van der Waals surface area contributed by atoms with Crippen LogP contribution in [0, 0.1) is 5.82 Å². The van der Waals surface area contributed by atoms with Crippen LogP contribution in [0.5, 0.6) is 11.5 Å². The SMILES string of the molecule is COc1cc(C(=O)NCC(c2cccc(F)c2)N(C)C)cc(OC)c1Br. The van der Waals surface area contributed by atoms with E-state index in [0.29, 0.717) is 28.1 Å². The monoisotopic (exact) mass is 424 g/mol. The number of methoxy groups -OCH3 is 2. The van der Waals surface area contributed by atoms with Crippen LogP contribution in [-0.4, -0.2) is 45.7 Å². The summed E-state index contributed by atoms with van der Waals surface area (Å²) < 4.78 is 24.7. The molecular weight excluding hydrogens is 403 g/mol. The molecule has 0 fully saturated rings. The summed E-state index contributed by atoms with van der Waals surface area (Å²) in [5.74, 6) is 0.438. The Morgan fingerprint density at radius 3 is 2.31 bits per heavy atom. The van der Waals surface area contributed by atoms with Crippen molar-refractivity contribution in [3.63, 3.8) is 0 Å². The molecule has 1 atom stereocenters. The summed E-state index contributed by atoms with van der Waals surface area (Å²) in [4.78, 5) is 14.5. The molecule has 0 bridgehead atoms. The van der Waals surface area contributed by atoms with E-state index in [4.69, 9.17) is 9.47 Å². The minimum absolute atomic E-state index is 0.158. The van der Waals surface area contributed by atoms with Crippen molar-refractivity contribution in [3.05, 3.63) is 57.8 Å². The average molecular weight is 425 g/mol. The normalized spacial score (nSPS) is 12.0. The van der Waals surface area contributed by atoms with E-state index < -0.39 is 0 Å². The Hall–Kier alpha value is -2.12. The topological polar surface area (TPSA) is 50.8 Å². The summed E-state index contributed by atoms with van der Waals surface area (Å²) in [5.41, 5.74) is 1.21. The van der Waals surface area contributed by atoms with Gasteiger partial charge in [0.05, 0.1) is 20.3 Å². The molecule has 1 unspecified atom stereocenters. The number of benzene rings is 2. The van der Waals surface area contributed by atoms with Crippen molar-refractivity contribution < 1.29 is 18.7 Å². The highest BCUT2D eigenvalue weighted by atomic mass is 79.9. The first-order chi connectivity index (χ1) is 12.4. The highest BCUT2D eigenvalue weighted by Crippen LogP contribution is 2.35. The van der Waals surface area contributed by atoms with Crippen molar-refractivity contribution in [3.8, 4) is 11.5 Å². The Morgan fingerprint density at radius 2 is 1.81 bits per heavy atom. The number of nitrogens with zero attached hydrogens (tertiary/aromatic N) is 1. The lowest BCUT2D eigenvalue weighted by Gasteiger charge is -2.25. The van der Waals surface area contributed by atoms with Crippen molar-refractivity contribution in [1.82, 2.24) is 10.2 Å². The van der Waals surface area contributed by atoms with Crippen LogP contribution in [0.1, 0.15) is 22.0 Å². The van der Waals surface area contributed by atoms with Crippen LogP contribution in [0.2, 0.25) is 0 Å². The third-order valence-corrected chi connectivity index (χ3v) is 4.80. The van der Waals surface area contributed by atoms with Crippen LogP contribution < -0.4 is 14.8 Å². The molecule has 0 aliphatic heterocycles. The van der Waals surface area contributed by atoms with Gasteiger partial charge in [-0.1, -0.05) is 12.1 Å². The summed E-state index contributed by atoms with van der Waals surface area (Å²) in [6.45, 7) is 0.329. The van der Waals surface area contributed by atoms with Gasteiger partial charge in [-0.2, -0.15) is 0 Å². The van der Waals surface area contributed by atoms with E-state index in [1.807, 2.05) is 25.1 Å². The molecule has 1 N–H and O–H groups in total. The van der Waals surface area contributed by atoms with Gasteiger partial charge < -0.3 is 19.7 Å². The van der Waals surface area contributed by atoms with Crippen molar-refractivity contribution >= 4 is 21.8 Å². The van der Waals surface area contributed by atoms with Crippen LogP contribution in [0.15, 0.2) is 40.9 Å². The second kappa shape index (κ2) is 9.00. The van der Waals surface area contributed by atoms with Crippen molar-refractivity contribution in [2.45, 2.75) is 6.04 Å². The molecule has 2 aromatic carbocycles. The molecule has 0 radical (unpaired) electrons. The predicted molar refractivity (Wildman–Crippen MR) is 102 cm³/mol. The van der Waals surface area contributed by atoms with E-state index in [9.17, 15) is 9.18 Å². The van der Waals surface area contributed by atoms with E-state index >= 15 is 0 Å². The maximum Gasteiger partial charge on any atom is 0.251 e. The lowest BCUT2D eigenvalue weighted by molar-refractivity contribution is 0.0941. The highest BCUT2D eigenvalue weighted by Gasteiger charge is 2.18. The lowest BCUT2D eigenvalue weighted by atomic mass is 10.1. The fourth-order valence-corrected chi connectivity index (χ4v) is 3.16. The standard InChI is InChI=1S/C19H22BrFN2O3/c1-23(2)15(12-6-5-7-14(21)8-12)11-22-19(24)13-9-16(25-3)18(20)17(10-13)26-4/h5-10,15H,11H2,1-4H3,(H,22,24). The fourth-order valence-electron chi connectivity index (χ4n) is 2.60. The molecule has 0 aliphatic rings. The second-order valence-corrected chi connectivity index (χ2v) is 6.73. The zero-order valence-electron chi connectivity index (χ0n) is 15.2. The molecule has 0 spiro atoms. The van der Waals surface area contributed by atoms with Gasteiger partial charge >= 0.3 is 0 Å². The van der Waals surface area contributed by atoms with Gasteiger partial charge in [0, 0.05) is 12.1 Å². The summed E-state index contributed by atoms with van der Waals surface area (Å²) in [7, 11) is 6.81. The number of hydrogen-bond acceptors (Lipinski definition) is 4. The van der Waals surface area contributed by atoms with Gasteiger partial charge in [0.15, 0.2) is 0 Å². The van der Waals surface area contributed by atoms with E-state index in [-0.39, 0.29) is 17.8 Å². The Morgan fingerprint density at radius 1 is 1.19 bits per heavy atom. The van der Waals surface area contributed by atoms with Crippen LogP contribution in [0.4, 0.5) is 4.39 Å². The molecule has 5 nitrogen and oxygen atoms in total. The maximum atomic E-state index is 13.5. The number of likely N-dealkylation sites (N-methyl/N-ethyl adjacent to an activating group) is 1. The molecular formula is C19H22BrFN2O3. The lowest BCUT2D eigenvalue weighted by Crippen LogP contribution is -2.34. The minimum Gasteiger partial charge on any atom is -0.495 e. The first kappa shape index (κ1) is 20.2. The molecule has 26 heavy (non-hydrogen) atoms. The molecule has 0 saturated carbocycles. The molecule has 7 heteroatoms. The zero-order chi connectivity index (χ0) is 19.3. The van der Waals surface area contributed by atoms with E-state index in [1.54, 1.807) is 18.2 Å². The van der Waals surface area contributed by atoms with Crippen molar-refractivity contribution in [2.24, 2.45) is 0 Å². The number of ether oxygens (including phenoxy) is 2. The Bertz CT molecular complexity index is 758. The van der Waals surface area contributed by atoms with Crippen LogP contribution in [0.3, 0.4) is 0 Å². The fraction of sp³-hybridized carbons (Fsp3) is 0.316. The number of halogens is 2. The van der Waals surface area contributed by atoms with Crippen molar-refractivity contribution in [2.75, 3.05) is 34.9 Å². The van der Waals surface area contributed by atoms with Crippen LogP contribution in [0.25, 0.3) is 0 Å². The average Bonchev–Trinajstić information content (AvgIpc) is 2.61. The second-order valence-electron chi connectivity index (χ2n) is 5.94. The summed E-state index contributed by atoms with van der Waals surface area (Å²) in [5, 5.41) is 2.89. The minimum atomic E-state index is -0.303. The molecule has 0 heterocycles. The molecule has 0 saturated heterocycles. The van der Waals surface area contributed by atoms with E-state index in [1.165, 1.54) is 26.4 Å². The quantitative estimate of drug-likeness (QED) is 0.736. The molecule has 2 aromatic rings. The first-order valence-corrected chi connectivity index (χ1v) is 8.78. The van der Waals surface area contributed by atoms with Crippen LogP contribution >= 0.6 is 15.9 Å². The van der Waals surface area contributed by atoms with E-state index in [2.05, 4.69) is 21.2 Å². The Balaban J connectivity index is 2.18. The van der Waals surface area contributed by atoms with Crippen LogP contribution in [-0.2, 0) is 0 Å². The van der Waals surface area contributed by atoms with Gasteiger partial charge in [0.25, 0.3) is 5.91 Å². The van der Waals surface area contributed by atoms with Gasteiger partial charge in [0.2, 0.25) is 0 Å². The van der Waals surface area contributed by atoms with Gasteiger partial charge in [-0.25, -0.2) is 4.39 Å². The van der Waals surface area contributed by atoms with E-state index in [0.717, 1.165) is 5.56 Å². The number of carbonyl (C=O) groups is 1. The smallest absolute Gasteiger partial charge is 0.251 e. The van der Waals surface area contributed by atoms with Gasteiger partial charge in [-0.15, -0.1) is 0 Å².